The van der Waals surface area contributed by atoms with Crippen molar-refractivity contribution in [2.75, 3.05) is 18.5 Å². The van der Waals surface area contributed by atoms with Crippen LogP contribution in [0.3, 0.4) is 0 Å². The first-order valence-electron chi connectivity index (χ1n) is 8.60. The van der Waals surface area contributed by atoms with Crippen molar-refractivity contribution in [1.29, 1.82) is 0 Å². The summed E-state index contributed by atoms with van der Waals surface area (Å²) in [5.41, 5.74) is 3.11. The number of aliphatic imine (C=N–C) groups is 1. The van der Waals surface area contributed by atoms with Crippen LogP contribution in [0.15, 0.2) is 47.6 Å². The molecule has 2 heterocycles. The molecule has 0 unspecified atom stereocenters. The molecule has 1 amide bonds. The highest BCUT2D eigenvalue weighted by molar-refractivity contribution is 14.0. The first kappa shape index (κ1) is 21.4. The normalized spacial score (nSPS) is 14.1. The molecule has 0 spiro atoms. The van der Waals surface area contributed by atoms with E-state index in [1.54, 1.807) is 19.3 Å². The standard InChI is InChI=1S/C19H22ClN5O.HI/c1-21-19(24-13-15-6-9-17(20)22-12-15)23-11-14-4-7-16(8-5-14)25-10-2-3-18(25)26;/h4-9,12H,2-3,10-11,13H2,1H3,(H2,21,23,24);1H. The minimum atomic E-state index is 0. The van der Waals surface area contributed by atoms with E-state index in [0.717, 1.165) is 29.8 Å². The second kappa shape index (κ2) is 10.5. The van der Waals surface area contributed by atoms with Gasteiger partial charge in [-0.15, -0.1) is 24.0 Å². The Morgan fingerprint density at radius 1 is 1.15 bits per heavy atom. The van der Waals surface area contributed by atoms with Gasteiger partial charge in [-0.2, -0.15) is 0 Å². The maximum Gasteiger partial charge on any atom is 0.227 e. The molecule has 8 heteroatoms. The Morgan fingerprint density at radius 2 is 1.81 bits per heavy atom. The molecular weight excluding hydrogens is 477 g/mol. The molecule has 1 aromatic heterocycles. The van der Waals surface area contributed by atoms with E-state index in [-0.39, 0.29) is 29.9 Å². The average molecular weight is 500 g/mol. The van der Waals surface area contributed by atoms with Gasteiger partial charge >= 0.3 is 0 Å². The summed E-state index contributed by atoms with van der Waals surface area (Å²) in [6.07, 6.45) is 3.32. The van der Waals surface area contributed by atoms with Gasteiger partial charge in [-0.05, 0) is 35.7 Å². The van der Waals surface area contributed by atoms with Crippen LogP contribution in [-0.2, 0) is 17.9 Å². The van der Waals surface area contributed by atoms with Crippen LogP contribution in [0.4, 0.5) is 5.69 Å². The molecular formula is C19H23ClIN5O. The summed E-state index contributed by atoms with van der Waals surface area (Å²) in [5, 5.41) is 7.00. The van der Waals surface area contributed by atoms with Crippen molar-refractivity contribution in [3.63, 3.8) is 0 Å². The van der Waals surface area contributed by atoms with Crippen LogP contribution in [-0.4, -0.2) is 30.4 Å². The molecule has 0 saturated carbocycles. The molecule has 6 nitrogen and oxygen atoms in total. The molecule has 3 rings (SSSR count). The third-order valence-electron chi connectivity index (χ3n) is 4.25. The van der Waals surface area contributed by atoms with Crippen LogP contribution < -0.4 is 15.5 Å². The molecule has 1 fully saturated rings. The van der Waals surface area contributed by atoms with Crippen molar-refractivity contribution >= 4 is 53.1 Å². The third-order valence-corrected chi connectivity index (χ3v) is 4.48. The second-order valence-electron chi connectivity index (χ2n) is 6.08. The number of halogens is 2. The Morgan fingerprint density at radius 3 is 2.37 bits per heavy atom. The number of rotatable bonds is 5. The molecule has 27 heavy (non-hydrogen) atoms. The minimum absolute atomic E-state index is 0. The number of nitrogens with zero attached hydrogens (tertiary/aromatic N) is 3. The SMILES string of the molecule is CN=C(NCc1ccc(N2CCCC2=O)cc1)NCc1ccc(Cl)nc1.I. The molecule has 2 aromatic rings. The molecule has 1 aliphatic heterocycles. The zero-order valence-corrected chi connectivity index (χ0v) is 18.2. The van der Waals surface area contributed by atoms with Crippen LogP contribution in [0.1, 0.15) is 24.0 Å². The average Bonchev–Trinajstić information content (AvgIpc) is 3.10. The summed E-state index contributed by atoms with van der Waals surface area (Å²) >= 11 is 5.79. The lowest BCUT2D eigenvalue weighted by Gasteiger charge is -2.16. The molecule has 0 bridgehead atoms. The minimum Gasteiger partial charge on any atom is -0.352 e. The lowest BCUT2D eigenvalue weighted by molar-refractivity contribution is -0.117. The van der Waals surface area contributed by atoms with Crippen molar-refractivity contribution in [3.05, 3.63) is 58.9 Å². The van der Waals surface area contributed by atoms with Crippen LogP contribution in [0.5, 0.6) is 0 Å². The van der Waals surface area contributed by atoms with Crippen molar-refractivity contribution in [2.45, 2.75) is 25.9 Å². The van der Waals surface area contributed by atoms with Gasteiger partial charge in [0, 0.05) is 45.0 Å². The van der Waals surface area contributed by atoms with Crippen LogP contribution in [0.25, 0.3) is 0 Å². The van der Waals surface area contributed by atoms with Gasteiger partial charge < -0.3 is 15.5 Å². The lowest BCUT2D eigenvalue weighted by Crippen LogP contribution is -2.36. The number of guanidine groups is 1. The number of carbonyl (C=O) groups excluding carboxylic acids is 1. The molecule has 144 valence electrons. The van der Waals surface area contributed by atoms with Gasteiger partial charge in [0.25, 0.3) is 0 Å². The Labute approximate surface area is 181 Å². The largest absolute Gasteiger partial charge is 0.352 e. The van der Waals surface area contributed by atoms with E-state index in [9.17, 15) is 4.79 Å². The maximum atomic E-state index is 11.8. The first-order valence-corrected chi connectivity index (χ1v) is 8.98. The molecule has 1 saturated heterocycles. The van der Waals surface area contributed by atoms with Crippen LogP contribution in [0.2, 0.25) is 5.15 Å². The summed E-state index contributed by atoms with van der Waals surface area (Å²) in [5.74, 6) is 0.913. The summed E-state index contributed by atoms with van der Waals surface area (Å²) in [6.45, 7) is 2.07. The van der Waals surface area contributed by atoms with Gasteiger partial charge in [0.05, 0.1) is 0 Å². The number of hydrogen-bond donors (Lipinski definition) is 2. The number of nitrogens with one attached hydrogen (secondary N) is 2. The first-order chi connectivity index (χ1) is 12.7. The quantitative estimate of drug-likeness (QED) is 0.287. The van der Waals surface area contributed by atoms with Gasteiger partial charge in [-0.25, -0.2) is 4.98 Å². The summed E-state index contributed by atoms with van der Waals surface area (Å²) in [4.78, 5) is 21.9. The van der Waals surface area contributed by atoms with Gasteiger partial charge in [-0.1, -0.05) is 29.8 Å². The number of carbonyl (C=O) groups is 1. The lowest BCUT2D eigenvalue weighted by atomic mass is 10.2. The zero-order valence-electron chi connectivity index (χ0n) is 15.1. The highest BCUT2D eigenvalue weighted by Crippen LogP contribution is 2.21. The van der Waals surface area contributed by atoms with E-state index in [2.05, 4.69) is 20.6 Å². The summed E-state index contributed by atoms with van der Waals surface area (Å²) in [7, 11) is 1.73. The Bertz CT molecular complexity index is 780. The Hall–Kier alpha value is -1.87. The molecule has 0 atom stereocenters. The highest BCUT2D eigenvalue weighted by atomic mass is 127. The number of amides is 1. The molecule has 1 aromatic carbocycles. The molecule has 1 aliphatic rings. The van der Waals surface area contributed by atoms with Gasteiger partial charge in [0.15, 0.2) is 5.96 Å². The zero-order chi connectivity index (χ0) is 18.4. The van der Waals surface area contributed by atoms with Gasteiger partial charge in [0.2, 0.25) is 5.91 Å². The number of pyridine rings is 1. The highest BCUT2D eigenvalue weighted by Gasteiger charge is 2.21. The number of aromatic nitrogens is 1. The van der Waals surface area contributed by atoms with E-state index in [1.165, 1.54) is 0 Å². The third kappa shape index (κ3) is 6.07. The number of anilines is 1. The molecule has 2 N–H and O–H groups in total. The fraction of sp³-hybridized carbons (Fsp3) is 0.316. The van der Waals surface area contributed by atoms with E-state index >= 15 is 0 Å². The van der Waals surface area contributed by atoms with E-state index in [4.69, 9.17) is 11.6 Å². The van der Waals surface area contributed by atoms with E-state index in [1.807, 2.05) is 35.2 Å². The topological polar surface area (TPSA) is 69.6 Å². The van der Waals surface area contributed by atoms with E-state index < -0.39 is 0 Å². The fourth-order valence-electron chi connectivity index (χ4n) is 2.82. The monoisotopic (exact) mass is 499 g/mol. The maximum absolute atomic E-state index is 11.8. The van der Waals surface area contributed by atoms with Crippen molar-refractivity contribution in [2.24, 2.45) is 4.99 Å². The Balaban J connectivity index is 0.00000261. The van der Waals surface area contributed by atoms with Gasteiger partial charge in [0.1, 0.15) is 5.15 Å². The smallest absolute Gasteiger partial charge is 0.227 e. The van der Waals surface area contributed by atoms with Crippen molar-refractivity contribution in [3.8, 4) is 0 Å². The molecule has 0 radical (unpaired) electrons. The summed E-state index contributed by atoms with van der Waals surface area (Å²) < 4.78 is 0. The molecule has 0 aliphatic carbocycles. The van der Waals surface area contributed by atoms with Crippen molar-refractivity contribution in [1.82, 2.24) is 15.6 Å². The van der Waals surface area contributed by atoms with Crippen LogP contribution in [0, 0.1) is 0 Å². The predicted octanol–water partition coefficient (Wildman–Crippen LogP) is 3.35. The predicted molar refractivity (Wildman–Crippen MR) is 120 cm³/mol. The van der Waals surface area contributed by atoms with E-state index in [0.29, 0.717) is 30.6 Å². The fourth-order valence-corrected chi connectivity index (χ4v) is 2.93. The summed E-state index contributed by atoms with van der Waals surface area (Å²) in [6, 6.07) is 11.7. The number of benzene rings is 1. The van der Waals surface area contributed by atoms with Crippen LogP contribution >= 0.6 is 35.6 Å². The number of hydrogen-bond acceptors (Lipinski definition) is 3. The van der Waals surface area contributed by atoms with Crippen molar-refractivity contribution < 1.29 is 4.79 Å². The van der Waals surface area contributed by atoms with Gasteiger partial charge in [-0.3, -0.25) is 9.79 Å². The second-order valence-corrected chi connectivity index (χ2v) is 6.47. The Kier molecular flexibility index (Phi) is 8.30.